The van der Waals surface area contributed by atoms with Crippen LogP contribution in [-0.2, 0) is 14.6 Å². The lowest BCUT2D eigenvalue weighted by Crippen LogP contribution is -2.08. The molecule has 0 aliphatic rings. The number of methoxy groups -OCH3 is 1. The van der Waals surface area contributed by atoms with Crippen molar-refractivity contribution in [3.63, 3.8) is 0 Å². The second kappa shape index (κ2) is 7.88. The number of anilines is 1. The van der Waals surface area contributed by atoms with Crippen LogP contribution in [0.5, 0.6) is 5.75 Å². The third-order valence-corrected chi connectivity index (χ3v) is 6.04. The van der Waals surface area contributed by atoms with Crippen LogP contribution in [-0.4, -0.2) is 37.1 Å². The maximum absolute atomic E-state index is 11.8. The number of benzene rings is 2. The first-order valence-corrected chi connectivity index (χ1v) is 11.4. The van der Waals surface area contributed by atoms with Crippen LogP contribution in [0.15, 0.2) is 71.9 Å². The normalized spacial score (nSPS) is 11.5. The highest BCUT2D eigenvalue weighted by molar-refractivity contribution is 7.90. The maximum atomic E-state index is 11.8. The molecule has 0 radical (unpaired) electrons. The molecule has 0 unspecified atom stereocenters. The number of carbonyl (C=O) groups excluding carboxylic acids is 1. The minimum Gasteiger partial charge on any atom is -0.496 e. The number of nitrogens with one attached hydrogen (secondary N) is 1. The highest BCUT2D eigenvalue weighted by atomic mass is 32.2. The van der Waals surface area contributed by atoms with E-state index in [4.69, 9.17) is 4.74 Å². The van der Waals surface area contributed by atoms with E-state index < -0.39 is 9.84 Å². The molecule has 4 rings (SSSR count). The zero-order valence-electron chi connectivity index (χ0n) is 17.3. The summed E-state index contributed by atoms with van der Waals surface area (Å²) in [5.74, 6) is 0.496. The van der Waals surface area contributed by atoms with Gasteiger partial charge >= 0.3 is 0 Å². The molecule has 0 aliphatic heterocycles. The number of nitrogens with zero attached hydrogens (tertiary/aromatic N) is 2. The van der Waals surface area contributed by atoms with Gasteiger partial charge in [0.25, 0.3) is 0 Å². The summed E-state index contributed by atoms with van der Waals surface area (Å²) in [6, 6.07) is 16.1. The van der Waals surface area contributed by atoms with Gasteiger partial charge in [0.2, 0.25) is 5.91 Å². The molecule has 2 heterocycles. The van der Waals surface area contributed by atoms with Gasteiger partial charge in [-0.05, 0) is 24.3 Å². The number of ether oxygens (including phenoxy) is 1. The Labute approximate surface area is 180 Å². The second-order valence-electron chi connectivity index (χ2n) is 7.16. The Morgan fingerprint density at radius 2 is 1.77 bits per heavy atom. The van der Waals surface area contributed by atoms with Gasteiger partial charge in [0, 0.05) is 36.1 Å². The van der Waals surface area contributed by atoms with Crippen molar-refractivity contribution >= 4 is 27.1 Å². The van der Waals surface area contributed by atoms with Gasteiger partial charge in [-0.1, -0.05) is 30.3 Å². The molecule has 0 fully saturated rings. The summed E-state index contributed by atoms with van der Waals surface area (Å²) < 4.78 is 30.9. The number of rotatable bonds is 5. The van der Waals surface area contributed by atoms with E-state index in [0.29, 0.717) is 17.1 Å². The lowest BCUT2D eigenvalue weighted by Gasteiger charge is -2.13. The molecule has 0 bridgehead atoms. The molecule has 8 heteroatoms. The van der Waals surface area contributed by atoms with Crippen molar-refractivity contribution in [2.75, 3.05) is 18.7 Å². The fourth-order valence-corrected chi connectivity index (χ4v) is 4.12. The molecule has 158 valence electrons. The molecule has 7 nitrogen and oxygen atoms in total. The van der Waals surface area contributed by atoms with Gasteiger partial charge in [-0.3, -0.25) is 9.20 Å². The Morgan fingerprint density at radius 3 is 2.42 bits per heavy atom. The predicted octanol–water partition coefficient (Wildman–Crippen LogP) is 4.04. The van der Waals surface area contributed by atoms with E-state index in [-0.39, 0.29) is 10.8 Å². The number of sulfone groups is 1. The zero-order chi connectivity index (χ0) is 22.2. The molecule has 2 aromatic heterocycles. The molecule has 0 aliphatic carbocycles. The summed E-state index contributed by atoms with van der Waals surface area (Å²) in [6.07, 6.45) is 4.79. The van der Waals surface area contributed by atoms with Crippen molar-refractivity contribution in [3.8, 4) is 28.1 Å². The van der Waals surface area contributed by atoms with Crippen LogP contribution in [0.1, 0.15) is 6.92 Å². The zero-order valence-corrected chi connectivity index (χ0v) is 18.1. The van der Waals surface area contributed by atoms with Crippen LogP contribution in [0.4, 0.5) is 5.69 Å². The van der Waals surface area contributed by atoms with Crippen LogP contribution >= 0.6 is 0 Å². The number of fused-ring (bicyclic) bond motifs is 1. The van der Waals surface area contributed by atoms with Gasteiger partial charge in [0.05, 0.1) is 29.6 Å². The van der Waals surface area contributed by atoms with E-state index in [1.807, 2.05) is 40.9 Å². The minimum atomic E-state index is -3.29. The molecule has 0 spiro atoms. The SMILES string of the molecule is COc1ccccc1-c1cc(NC(C)=O)c2ncc(-c3ccc(S(C)(=O)=O)cc3)n2c1. The van der Waals surface area contributed by atoms with Crippen LogP contribution in [0.2, 0.25) is 0 Å². The Balaban J connectivity index is 1.93. The predicted molar refractivity (Wildman–Crippen MR) is 120 cm³/mol. The van der Waals surface area contributed by atoms with Gasteiger partial charge in [-0.25, -0.2) is 13.4 Å². The Hall–Kier alpha value is -3.65. The van der Waals surface area contributed by atoms with Crippen molar-refractivity contribution in [3.05, 3.63) is 67.0 Å². The van der Waals surface area contributed by atoms with Crippen molar-refractivity contribution in [2.24, 2.45) is 0 Å². The largest absolute Gasteiger partial charge is 0.496 e. The molecule has 1 amide bonds. The van der Waals surface area contributed by atoms with Crippen molar-refractivity contribution in [2.45, 2.75) is 11.8 Å². The van der Waals surface area contributed by atoms with E-state index in [1.54, 1.807) is 37.6 Å². The molecule has 4 aromatic rings. The fraction of sp³-hybridized carbons (Fsp3) is 0.130. The summed E-state index contributed by atoms with van der Waals surface area (Å²) in [5, 5.41) is 2.85. The van der Waals surface area contributed by atoms with E-state index in [0.717, 1.165) is 22.4 Å². The monoisotopic (exact) mass is 435 g/mol. The number of para-hydroxylation sites is 1. The fourth-order valence-electron chi connectivity index (χ4n) is 3.49. The minimum absolute atomic E-state index is 0.207. The number of hydrogen-bond donors (Lipinski definition) is 1. The standard InChI is InChI=1S/C23H21N3O4S/c1-15(27)25-20-12-17(19-6-4-5-7-22(19)30-2)14-26-21(13-24-23(20)26)16-8-10-18(11-9-16)31(3,28)29/h4-14H,1-3H3,(H,25,27). The Bertz CT molecular complexity index is 1390. The highest BCUT2D eigenvalue weighted by Gasteiger charge is 2.16. The molecule has 0 atom stereocenters. The molecule has 2 aromatic carbocycles. The third-order valence-electron chi connectivity index (χ3n) is 4.91. The van der Waals surface area contributed by atoms with Gasteiger partial charge in [0.1, 0.15) is 5.75 Å². The molecular weight excluding hydrogens is 414 g/mol. The molecule has 0 saturated heterocycles. The summed E-state index contributed by atoms with van der Waals surface area (Å²) in [6.45, 7) is 1.44. The molecule has 0 saturated carbocycles. The first-order valence-electron chi connectivity index (χ1n) is 9.50. The maximum Gasteiger partial charge on any atom is 0.221 e. The first-order chi connectivity index (χ1) is 14.8. The molecule has 1 N–H and O–H groups in total. The molecule has 31 heavy (non-hydrogen) atoms. The van der Waals surface area contributed by atoms with Gasteiger partial charge in [-0.15, -0.1) is 0 Å². The first kappa shape index (κ1) is 20.6. The average molecular weight is 436 g/mol. The van der Waals surface area contributed by atoms with Crippen molar-refractivity contribution < 1.29 is 17.9 Å². The second-order valence-corrected chi connectivity index (χ2v) is 9.17. The third kappa shape index (κ3) is 4.02. The van der Waals surface area contributed by atoms with Gasteiger partial charge < -0.3 is 10.1 Å². The number of pyridine rings is 1. The quantitative estimate of drug-likeness (QED) is 0.511. The molecular formula is C23H21N3O4S. The lowest BCUT2D eigenvalue weighted by atomic mass is 10.1. The number of aromatic nitrogens is 2. The van der Waals surface area contributed by atoms with E-state index in [1.165, 1.54) is 13.2 Å². The summed E-state index contributed by atoms with van der Waals surface area (Å²) in [4.78, 5) is 16.6. The number of hydrogen-bond acceptors (Lipinski definition) is 5. The van der Waals surface area contributed by atoms with Crippen LogP contribution in [0.25, 0.3) is 28.0 Å². The average Bonchev–Trinajstić information content (AvgIpc) is 3.17. The van der Waals surface area contributed by atoms with Crippen molar-refractivity contribution in [1.29, 1.82) is 0 Å². The smallest absolute Gasteiger partial charge is 0.221 e. The van der Waals surface area contributed by atoms with E-state index >= 15 is 0 Å². The topological polar surface area (TPSA) is 89.8 Å². The summed E-state index contributed by atoms with van der Waals surface area (Å²) >= 11 is 0. The van der Waals surface area contributed by atoms with Crippen LogP contribution < -0.4 is 10.1 Å². The number of imidazole rings is 1. The van der Waals surface area contributed by atoms with E-state index in [2.05, 4.69) is 10.3 Å². The summed E-state index contributed by atoms with van der Waals surface area (Å²) in [5.41, 5.74) is 4.40. The lowest BCUT2D eigenvalue weighted by molar-refractivity contribution is -0.114. The number of amides is 1. The van der Waals surface area contributed by atoms with Gasteiger partial charge in [-0.2, -0.15) is 0 Å². The number of carbonyl (C=O) groups is 1. The summed E-state index contributed by atoms with van der Waals surface area (Å²) in [7, 11) is -1.68. The van der Waals surface area contributed by atoms with Crippen LogP contribution in [0, 0.1) is 0 Å². The van der Waals surface area contributed by atoms with Gasteiger partial charge in [0.15, 0.2) is 15.5 Å². The van der Waals surface area contributed by atoms with E-state index in [9.17, 15) is 13.2 Å². The van der Waals surface area contributed by atoms with Crippen molar-refractivity contribution in [1.82, 2.24) is 9.38 Å². The Kier molecular flexibility index (Phi) is 5.24. The Morgan fingerprint density at radius 1 is 1.06 bits per heavy atom. The highest BCUT2D eigenvalue weighted by Crippen LogP contribution is 2.34. The van der Waals surface area contributed by atoms with Crippen LogP contribution in [0.3, 0.4) is 0 Å².